The monoisotopic (exact) mass is 424 g/mol. The van der Waals surface area contributed by atoms with Gasteiger partial charge in [-0.15, -0.1) is 0 Å². The molecule has 0 atom stereocenters. The zero-order valence-corrected chi connectivity index (χ0v) is 17.7. The molecule has 0 unspecified atom stereocenters. The second-order valence-corrected chi connectivity index (χ2v) is 8.72. The number of anilines is 1. The van der Waals surface area contributed by atoms with Crippen LogP contribution in [0, 0.1) is 6.92 Å². The van der Waals surface area contributed by atoms with Crippen LogP contribution in [0.1, 0.15) is 66.6 Å². The van der Waals surface area contributed by atoms with Crippen molar-refractivity contribution in [3.63, 3.8) is 0 Å². The number of rotatable bonds is 3. The number of carbonyl (C=O) groups excluding carboxylic acids is 1. The molecule has 2 aromatic heterocycles. The number of hydrogen-bond donors (Lipinski definition) is 3. The van der Waals surface area contributed by atoms with E-state index in [1.54, 1.807) is 12.1 Å². The number of carbonyl (C=O) groups is 1. The lowest BCUT2D eigenvalue weighted by molar-refractivity contribution is 0.0891. The van der Waals surface area contributed by atoms with Gasteiger partial charge in [-0.1, -0.05) is 19.3 Å². The Bertz CT molecular complexity index is 1070. The van der Waals surface area contributed by atoms with E-state index in [9.17, 15) is 10.0 Å². The Balaban J connectivity index is 1.53. The molecule has 1 saturated carbocycles. The van der Waals surface area contributed by atoms with Gasteiger partial charge >= 0.3 is 0 Å². The minimum Gasteiger partial charge on any atom is -0.427 e. The van der Waals surface area contributed by atoms with Crippen molar-refractivity contribution in [1.82, 2.24) is 20.0 Å². The van der Waals surface area contributed by atoms with Crippen LogP contribution in [0.3, 0.4) is 0 Å². The van der Waals surface area contributed by atoms with Crippen molar-refractivity contribution in [2.45, 2.75) is 63.5 Å². The van der Waals surface area contributed by atoms with E-state index in [-0.39, 0.29) is 5.91 Å². The molecule has 2 fully saturated rings. The predicted octanol–water partition coefficient (Wildman–Crippen LogP) is 2.55. The summed E-state index contributed by atoms with van der Waals surface area (Å²) in [4.78, 5) is 25.9. The molecule has 1 saturated heterocycles. The molecule has 1 amide bonds. The van der Waals surface area contributed by atoms with Crippen LogP contribution in [0.15, 0.2) is 23.5 Å². The Morgan fingerprint density at radius 3 is 2.77 bits per heavy atom. The Hall–Kier alpha value is -2.94. The zero-order valence-electron chi connectivity index (χ0n) is 17.7. The molecule has 1 spiro atoms. The number of aromatic nitrogens is 3. The van der Waals surface area contributed by atoms with Crippen molar-refractivity contribution >= 4 is 17.5 Å². The largest absolute Gasteiger partial charge is 0.427 e. The van der Waals surface area contributed by atoms with E-state index in [0.717, 1.165) is 68.5 Å². The molecule has 3 aliphatic rings. The molecule has 5 rings (SSSR count). The Morgan fingerprint density at radius 1 is 1.23 bits per heavy atom. The van der Waals surface area contributed by atoms with Gasteiger partial charge in [-0.2, -0.15) is 4.73 Å². The number of nitrogens with zero attached hydrogens (tertiary/aromatic N) is 4. The maximum absolute atomic E-state index is 12.7. The molecule has 9 nitrogen and oxygen atoms in total. The van der Waals surface area contributed by atoms with E-state index < -0.39 is 5.54 Å². The first kappa shape index (κ1) is 20.0. The van der Waals surface area contributed by atoms with Gasteiger partial charge in [-0.05, 0) is 44.2 Å². The molecule has 9 heteroatoms. The van der Waals surface area contributed by atoms with E-state index in [4.69, 9.17) is 4.74 Å². The summed E-state index contributed by atoms with van der Waals surface area (Å²) in [7, 11) is 0. The highest BCUT2D eigenvalue weighted by Crippen LogP contribution is 2.42. The molecular formula is C22H28N6O3. The Labute approximate surface area is 180 Å². The van der Waals surface area contributed by atoms with Crippen molar-refractivity contribution in [2.24, 2.45) is 4.99 Å². The van der Waals surface area contributed by atoms with Crippen LogP contribution >= 0.6 is 0 Å². The lowest BCUT2D eigenvalue weighted by Gasteiger charge is -2.34. The maximum Gasteiger partial charge on any atom is 0.254 e. The Kier molecular flexibility index (Phi) is 5.13. The highest BCUT2D eigenvalue weighted by molar-refractivity contribution is 6.00. The first-order valence-corrected chi connectivity index (χ1v) is 11.1. The van der Waals surface area contributed by atoms with Crippen molar-refractivity contribution in [3.8, 4) is 0 Å². The van der Waals surface area contributed by atoms with Crippen LogP contribution in [-0.2, 0) is 10.3 Å². The van der Waals surface area contributed by atoms with Crippen molar-refractivity contribution in [1.29, 1.82) is 0 Å². The summed E-state index contributed by atoms with van der Waals surface area (Å²) in [6.07, 6.45) is 8.16. The first-order chi connectivity index (χ1) is 15.1. The maximum atomic E-state index is 12.7. The molecule has 0 radical (unpaired) electrons. The van der Waals surface area contributed by atoms with Gasteiger partial charge in [0.2, 0.25) is 0 Å². The van der Waals surface area contributed by atoms with E-state index >= 15 is 0 Å². The Morgan fingerprint density at radius 2 is 2.00 bits per heavy atom. The summed E-state index contributed by atoms with van der Waals surface area (Å²) < 4.78 is 6.49. The van der Waals surface area contributed by atoms with Crippen molar-refractivity contribution in [2.75, 3.05) is 18.5 Å². The summed E-state index contributed by atoms with van der Waals surface area (Å²) in [6.45, 7) is 3.37. The average molecular weight is 425 g/mol. The summed E-state index contributed by atoms with van der Waals surface area (Å²) in [5.74, 6) is 1.03. The summed E-state index contributed by atoms with van der Waals surface area (Å²) in [6, 6.07) is 3.82. The van der Waals surface area contributed by atoms with Crippen LogP contribution in [0.25, 0.3) is 0 Å². The van der Waals surface area contributed by atoms with Gasteiger partial charge in [0, 0.05) is 25.3 Å². The fraction of sp³-hybridized carbons (Fsp3) is 0.545. The molecule has 0 aromatic carbocycles. The van der Waals surface area contributed by atoms with Gasteiger partial charge < -0.3 is 20.6 Å². The molecule has 2 aliphatic heterocycles. The topological polar surface area (TPSA) is 114 Å². The summed E-state index contributed by atoms with van der Waals surface area (Å²) >= 11 is 0. The normalized spacial score (nSPS) is 21.2. The van der Waals surface area contributed by atoms with Crippen LogP contribution in [0.4, 0.5) is 11.6 Å². The fourth-order valence-electron chi connectivity index (χ4n) is 5.05. The second-order valence-electron chi connectivity index (χ2n) is 8.72. The molecule has 3 N–H and O–H groups in total. The third-order valence-corrected chi connectivity index (χ3v) is 6.60. The lowest BCUT2D eigenvalue weighted by Crippen LogP contribution is -2.43. The van der Waals surface area contributed by atoms with Crippen LogP contribution < -0.4 is 16.1 Å². The van der Waals surface area contributed by atoms with Crippen LogP contribution in [0.2, 0.25) is 0 Å². The number of pyridine rings is 1. The predicted molar refractivity (Wildman–Crippen MR) is 113 cm³/mol. The standard InChI is InChI=1S/C22H28N6O3/c1-14-11-18(26-17-12-16(23-13-24-17)25-15-5-9-31-10-6-15)28(30)20-19(14)21(29)27-22(20)7-3-2-4-8-22/h11-13,15,30H,2-10H2,1H3,(H,27,29)(H,23,24,25). The van der Waals surface area contributed by atoms with E-state index in [1.807, 2.05) is 6.92 Å². The molecular weight excluding hydrogens is 396 g/mol. The first-order valence-electron chi connectivity index (χ1n) is 11.1. The number of hydrogen-bond acceptors (Lipinski definition) is 7. The average Bonchev–Trinajstić information content (AvgIpc) is 3.05. The fourth-order valence-corrected chi connectivity index (χ4v) is 5.05. The number of fused-ring (bicyclic) bond motifs is 2. The lowest BCUT2D eigenvalue weighted by atomic mass is 9.79. The quantitative estimate of drug-likeness (QED) is 0.653. The van der Waals surface area contributed by atoms with Gasteiger partial charge in [0.05, 0.1) is 16.8 Å². The third-order valence-electron chi connectivity index (χ3n) is 6.60. The number of nitrogens with one attached hydrogen (secondary N) is 2. The number of amides is 1. The highest BCUT2D eigenvalue weighted by Gasteiger charge is 2.47. The van der Waals surface area contributed by atoms with Crippen molar-refractivity contribution < 1.29 is 14.7 Å². The molecule has 4 heterocycles. The van der Waals surface area contributed by atoms with E-state index in [0.29, 0.717) is 34.4 Å². The van der Waals surface area contributed by atoms with Crippen LogP contribution in [0.5, 0.6) is 0 Å². The third kappa shape index (κ3) is 3.67. The number of aryl methyl sites for hydroxylation is 1. The highest BCUT2D eigenvalue weighted by atomic mass is 16.5. The van der Waals surface area contributed by atoms with Gasteiger partial charge in [0.25, 0.3) is 5.91 Å². The molecule has 164 valence electrons. The second kappa shape index (κ2) is 7.96. The van der Waals surface area contributed by atoms with Gasteiger partial charge in [0.15, 0.2) is 11.3 Å². The SMILES string of the molecule is Cc1cc(=Nc2cc(NC3CCOCC3)ncn2)n(O)c2c1C(=O)NC21CCCCC1. The van der Waals surface area contributed by atoms with Crippen molar-refractivity contribution in [3.05, 3.63) is 40.8 Å². The molecule has 31 heavy (non-hydrogen) atoms. The smallest absolute Gasteiger partial charge is 0.254 e. The van der Waals surface area contributed by atoms with Gasteiger partial charge in [-0.25, -0.2) is 15.0 Å². The van der Waals surface area contributed by atoms with Gasteiger partial charge in [-0.3, -0.25) is 4.79 Å². The minimum atomic E-state index is -0.517. The van der Waals surface area contributed by atoms with Crippen LogP contribution in [-0.4, -0.2) is 45.1 Å². The minimum absolute atomic E-state index is 0.117. The van der Waals surface area contributed by atoms with E-state index in [2.05, 4.69) is 25.6 Å². The molecule has 1 aliphatic carbocycles. The van der Waals surface area contributed by atoms with E-state index in [1.165, 1.54) is 6.33 Å². The number of ether oxygens (including phenoxy) is 1. The molecule has 2 aromatic rings. The summed E-state index contributed by atoms with van der Waals surface area (Å²) in [5.41, 5.74) is 1.83. The van der Waals surface area contributed by atoms with Gasteiger partial charge in [0.1, 0.15) is 12.1 Å². The summed E-state index contributed by atoms with van der Waals surface area (Å²) in [5, 5.41) is 17.7. The molecule has 0 bridgehead atoms. The zero-order chi connectivity index (χ0) is 21.4.